The van der Waals surface area contributed by atoms with Crippen LogP contribution in [-0.2, 0) is 0 Å². The van der Waals surface area contributed by atoms with Gasteiger partial charge in [0.25, 0.3) is 5.91 Å². The fourth-order valence-corrected chi connectivity index (χ4v) is 3.47. The lowest BCUT2D eigenvalue weighted by atomic mass is 10.1. The maximum atomic E-state index is 12.4. The molecule has 0 atom stereocenters. The van der Waals surface area contributed by atoms with Crippen LogP contribution in [0.3, 0.4) is 0 Å². The lowest BCUT2D eigenvalue weighted by molar-refractivity contribution is 0.0997. The molecule has 0 saturated carbocycles. The number of amides is 1. The van der Waals surface area contributed by atoms with Crippen LogP contribution in [0.4, 0.5) is 10.1 Å². The predicted molar refractivity (Wildman–Crippen MR) is 117 cm³/mol. The Balaban J connectivity index is 1.60. The number of furan rings is 1. The van der Waals surface area contributed by atoms with Crippen molar-refractivity contribution in [1.29, 1.82) is 0 Å². The first-order chi connectivity index (χ1) is 14.2. The summed E-state index contributed by atoms with van der Waals surface area (Å²) in [4.78, 5) is 17.1. The molecule has 2 aromatic carbocycles. The number of aryl methyl sites for hydroxylation is 1. The summed E-state index contributed by atoms with van der Waals surface area (Å²) in [7, 11) is 0. The number of carbonyl (C=O) groups excluding carboxylic acids is 1. The first-order valence-corrected chi connectivity index (χ1v) is 9.77. The van der Waals surface area contributed by atoms with Gasteiger partial charge in [0.15, 0.2) is 5.76 Å². The van der Waals surface area contributed by atoms with Gasteiger partial charge in [-0.05, 0) is 24.6 Å². The summed E-state index contributed by atoms with van der Waals surface area (Å²) in [6, 6.07) is 21.0. The smallest absolute Gasteiger partial charge is 0.292 e. The lowest BCUT2D eigenvalue weighted by Gasteiger charge is -2.04. The Bertz CT molecular complexity index is 1120. The molecule has 0 aliphatic carbocycles. The second kappa shape index (κ2) is 8.53. The number of nitrogens with zero attached hydrogens (tertiary/aromatic N) is 2. The molecule has 1 amide bonds. The second-order valence-electron chi connectivity index (χ2n) is 6.27. The molecular formula is C22H18N4O2S. The molecule has 0 unspecified atom stereocenters. The third kappa shape index (κ3) is 4.59. The van der Waals surface area contributed by atoms with Crippen LogP contribution in [0, 0.1) is 6.92 Å². The van der Waals surface area contributed by atoms with Gasteiger partial charge in [-0.15, -0.1) is 0 Å². The molecule has 7 heteroatoms. The fraction of sp³-hybridized carbons (Fsp3) is 0.0455. The molecular weight excluding hydrogens is 384 g/mol. The molecule has 0 aliphatic rings. The molecule has 0 saturated heterocycles. The SMILES string of the molecule is Cc1ccc(-c2nc(N/N=C\c3ccccc3)sc2NC(=O)c2ccco2)cc1. The maximum Gasteiger partial charge on any atom is 0.292 e. The molecule has 4 aromatic rings. The van der Waals surface area contributed by atoms with Gasteiger partial charge in [0.05, 0.1) is 12.5 Å². The van der Waals surface area contributed by atoms with Gasteiger partial charge in [0.2, 0.25) is 5.13 Å². The molecule has 0 bridgehead atoms. The number of aromatic nitrogens is 1. The van der Waals surface area contributed by atoms with Crippen LogP contribution < -0.4 is 10.7 Å². The first kappa shape index (κ1) is 18.6. The predicted octanol–water partition coefficient (Wildman–Crippen LogP) is 5.41. The average molecular weight is 402 g/mol. The van der Waals surface area contributed by atoms with Gasteiger partial charge in [-0.2, -0.15) is 5.10 Å². The molecule has 0 radical (unpaired) electrons. The van der Waals surface area contributed by atoms with Crippen LogP contribution in [0.2, 0.25) is 0 Å². The number of hydrogen-bond acceptors (Lipinski definition) is 6. The minimum atomic E-state index is -0.327. The van der Waals surface area contributed by atoms with E-state index in [9.17, 15) is 4.79 Å². The largest absolute Gasteiger partial charge is 0.459 e. The van der Waals surface area contributed by atoms with Gasteiger partial charge >= 0.3 is 0 Å². The van der Waals surface area contributed by atoms with E-state index in [0.29, 0.717) is 15.8 Å². The Morgan fingerprint density at radius 1 is 1.07 bits per heavy atom. The summed E-state index contributed by atoms with van der Waals surface area (Å²) in [6.07, 6.45) is 3.18. The molecule has 0 fully saturated rings. The van der Waals surface area contributed by atoms with Gasteiger partial charge in [-0.25, -0.2) is 4.98 Å². The molecule has 0 aliphatic heterocycles. The van der Waals surface area contributed by atoms with Crippen LogP contribution in [0.5, 0.6) is 0 Å². The molecule has 144 valence electrons. The van der Waals surface area contributed by atoms with Crippen molar-refractivity contribution in [2.24, 2.45) is 5.10 Å². The first-order valence-electron chi connectivity index (χ1n) is 8.96. The molecule has 29 heavy (non-hydrogen) atoms. The van der Waals surface area contributed by atoms with E-state index in [1.165, 1.54) is 17.6 Å². The summed E-state index contributed by atoms with van der Waals surface area (Å²) in [5.74, 6) is -0.0868. The van der Waals surface area contributed by atoms with Crippen LogP contribution in [-0.4, -0.2) is 17.1 Å². The van der Waals surface area contributed by atoms with Crippen LogP contribution in [0.15, 0.2) is 82.5 Å². The highest BCUT2D eigenvalue weighted by Gasteiger charge is 2.17. The van der Waals surface area contributed by atoms with Crippen molar-refractivity contribution in [2.45, 2.75) is 6.92 Å². The number of benzene rings is 2. The van der Waals surface area contributed by atoms with E-state index in [2.05, 4.69) is 20.8 Å². The molecule has 0 spiro atoms. The summed E-state index contributed by atoms with van der Waals surface area (Å²) in [6.45, 7) is 2.02. The molecule has 6 nitrogen and oxygen atoms in total. The maximum absolute atomic E-state index is 12.4. The zero-order valence-electron chi connectivity index (χ0n) is 15.6. The zero-order valence-corrected chi connectivity index (χ0v) is 16.4. The van der Waals surface area contributed by atoms with E-state index in [4.69, 9.17) is 4.42 Å². The van der Waals surface area contributed by atoms with E-state index in [-0.39, 0.29) is 11.7 Å². The van der Waals surface area contributed by atoms with Crippen molar-refractivity contribution in [3.8, 4) is 11.3 Å². The molecule has 2 aromatic heterocycles. The third-order valence-corrected chi connectivity index (χ3v) is 4.97. The van der Waals surface area contributed by atoms with Gasteiger partial charge in [0.1, 0.15) is 10.7 Å². The van der Waals surface area contributed by atoms with E-state index >= 15 is 0 Å². The highest BCUT2D eigenvalue weighted by Crippen LogP contribution is 2.36. The highest BCUT2D eigenvalue weighted by atomic mass is 32.1. The minimum absolute atomic E-state index is 0.241. The van der Waals surface area contributed by atoms with E-state index in [1.807, 2.05) is 61.5 Å². The fourth-order valence-electron chi connectivity index (χ4n) is 2.63. The van der Waals surface area contributed by atoms with Gasteiger partial charge in [0, 0.05) is 5.56 Å². The number of nitrogens with one attached hydrogen (secondary N) is 2. The number of thiazole rings is 1. The Morgan fingerprint density at radius 2 is 1.86 bits per heavy atom. The highest BCUT2D eigenvalue weighted by molar-refractivity contribution is 7.20. The number of carbonyl (C=O) groups is 1. The zero-order chi connectivity index (χ0) is 20.1. The van der Waals surface area contributed by atoms with Crippen molar-refractivity contribution in [3.63, 3.8) is 0 Å². The quantitative estimate of drug-likeness (QED) is 0.334. The normalized spacial score (nSPS) is 10.9. The lowest BCUT2D eigenvalue weighted by Crippen LogP contribution is -2.10. The van der Waals surface area contributed by atoms with Crippen molar-refractivity contribution in [3.05, 3.63) is 89.9 Å². The number of rotatable bonds is 6. The van der Waals surface area contributed by atoms with Gasteiger partial charge < -0.3 is 9.73 Å². The minimum Gasteiger partial charge on any atom is -0.459 e. The molecule has 2 heterocycles. The second-order valence-corrected chi connectivity index (χ2v) is 7.27. The molecule has 2 N–H and O–H groups in total. The summed E-state index contributed by atoms with van der Waals surface area (Å²) < 4.78 is 5.18. The van der Waals surface area contributed by atoms with E-state index < -0.39 is 0 Å². The standard InChI is InChI=1S/C22H18N4O2S/c1-15-9-11-17(12-10-15)19-21(25-20(27)18-8-5-13-28-18)29-22(24-19)26-23-14-16-6-3-2-4-7-16/h2-14H,1H3,(H,24,26)(H,25,27)/b23-14-. The van der Waals surface area contributed by atoms with Crippen LogP contribution >= 0.6 is 11.3 Å². The van der Waals surface area contributed by atoms with Gasteiger partial charge in [-0.1, -0.05) is 71.5 Å². The number of hydrazone groups is 1. The Kier molecular flexibility index (Phi) is 5.49. The van der Waals surface area contributed by atoms with Crippen molar-refractivity contribution in [1.82, 2.24) is 4.98 Å². The van der Waals surface area contributed by atoms with Crippen molar-refractivity contribution < 1.29 is 9.21 Å². The monoisotopic (exact) mass is 402 g/mol. The Labute approximate surface area is 171 Å². The topological polar surface area (TPSA) is 79.5 Å². The van der Waals surface area contributed by atoms with Crippen molar-refractivity contribution >= 4 is 33.6 Å². The van der Waals surface area contributed by atoms with Crippen molar-refractivity contribution in [2.75, 3.05) is 10.7 Å². The van der Waals surface area contributed by atoms with E-state index in [1.54, 1.807) is 18.3 Å². The Hall–Kier alpha value is -3.71. The summed E-state index contributed by atoms with van der Waals surface area (Å²) in [5, 5.41) is 8.32. The number of hydrogen-bond donors (Lipinski definition) is 2. The Morgan fingerprint density at radius 3 is 2.59 bits per heavy atom. The van der Waals surface area contributed by atoms with Crippen LogP contribution in [0.25, 0.3) is 11.3 Å². The van der Waals surface area contributed by atoms with Gasteiger partial charge in [-0.3, -0.25) is 10.2 Å². The molecule has 4 rings (SSSR count). The summed E-state index contributed by atoms with van der Waals surface area (Å²) >= 11 is 1.31. The van der Waals surface area contributed by atoms with E-state index in [0.717, 1.165) is 16.7 Å². The summed E-state index contributed by atoms with van der Waals surface area (Å²) in [5.41, 5.74) is 6.65. The van der Waals surface area contributed by atoms with Crippen LogP contribution in [0.1, 0.15) is 21.7 Å². The average Bonchev–Trinajstić information content (AvgIpc) is 3.40. The third-order valence-electron chi connectivity index (χ3n) is 4.10. The number of anilines is 2.